The van der Waals surface area contributed by atoms with Crippen molar-refractivity contribution in [2.75, 3.05) is 0 Å². The zero-order valence-corrected chi connectivity index (χ0v) is 14.7. The Bertz CT molecular complexity index is 898. The second-order valence-electron chi connectivity index (χ2n) is 4.54. The summed E-state index contributed by atoms with van der Waals surface area (Å²) in [5, 5.41) is 1.66. The summed E-state index contributed by atoms with van der Waals surface area (Å²) in [4.78, 5) is 7.69. The lowest BCUT2D eigenvalue weighted by Crippen LogP contribution is -2.04. The summed E-state index contributed by atoms with van der Waals surface area (Å²) in [7, 11) is 1.51. The van der Waals surface area contributed by atoms with Gasteiger partial charge in [-0.25, -0.2) is 18.4 Å². The highest BCUT2D eigenvalue weighted by molar-refractivity contribution is 8.15. The zero-order chi connectivity index (χ0) is 18.5. The maximum Gasteiger partial charge on any atom is 0.416 e. The molecule has 2 heterocycles. The molecule has 0 amide bonds. The number of aromatic nitrogens is 2. The zero-order valence-electron chi connectivity index (χ0n) is 12.3. The molecule has 0 atom stereocenters. The van der Waals surface area contributed by atoms with E-state index in [1.807, 2.05) is 0 Å². The second-order valence-corrected chi connectivity index (χ2v) is 8.28. The van der Waals surface area contributed by atoms with Gasteiger partial charge >= 0.3 is 6.18 Å². The van der Waals surface area contributed by atoms with E-state index in [0.29, 0.717) is 11.3 Å². The van der Waals surface area contributed by atoms with Crippen LogP contribution < -0.4 is 0 Å². The molecule has 0 unspecified atom stereocenters. The highest BCUT2D eigenvalue weighted by atomic mass is 35.7. The van der Waals surface area contributed by atoms with Crippen LogP contribution in [0.5, 0.6) is 0 Å². The first-order valence-corrected chi connectivity index (χ1v) is 9.78. The van der Waals surface area contributed by atoms with Crippen LogP contribution in [0, 0.1) is 0 Å². The van der Waals surface area contributed by atoms with E-state index in [2.05, 4.69) is 9.97 Å². The minimum Gasteiger partial charge on any atom is -0.245 e. The van der Waals surface area contributed by atoms with Crippen molar-refractivity contribution in [3.8, 4) is 11.3 Å². The number of hydrogen-bond donors (Lipinski definition) is 0. The Morgan fingerprint density at radius 2 is 1.72 bits per heavy atom. The number of rotatable bonds is 2. The van der Waals surface area contributed by atoms with Gasteiger partial charge < -0.3 is 0 Å². The van der Waals surface area contributed by atoms with E-state index in [4.69, 9.17) is 10.7 Å². The summed E-state index contributed by atoms with van der Waals surface area (Å²) in [6.45, 7) is 0. The maximum absolute atomic E-state index is 12.3. The highest BCUT2D eigenvalue weighted by Crippen LogP contribution is 2.30. The number of benzene rings is 1. The topological polar surface area (TPSA) is 59.9 Å². The Morgan fingerprint density at radius 1 is 1.04 bits per heavy atom. The number of thiophene rings is 1. The first-order chi connectivity index (χ1) is 11.7. The molecule has 25 heavy (non-hydrogen) atoms. The smallest absolute Gasteiger partial charge is 0.245 e. The summed E-state index contributed by atoms with van der Waals surface area (Å²) < 4.78 is 58.0. The average Bonchev–Trinajstić information content (AvgIpc) is 3.10. The van der Waals surface area contributed by atoms with Gasteiger partial charge in [-0.2, -0.15) is 13.2 Å². The van der Waals surface area contributed by atoms with Crippen molar-refractivity contribution in [2.24, 2.45) is 0 Å². The molecular weight excluding hydrogens is 397 g/mol. The van der Waals surface area contributed by atoms with E-state index in [1.54, 1.807) is 23.7 Å². The fourth-order valence-electron chi connectivity index (χ4n) is 1.69. The van der Waals surface area contributed by atoms with Crippen LogP contribution in [-0.2, 0) is 15.2 Å². The first-order valence-electron chi connectivity index (χ1n) is 6.60. The minimum absolute atomic E-state index is 0.198. The predicted molar refractivity (Wildman–Crippen MR) is 89.8 cm³/mol. The molecular formula is C15H10ClF3N2O2S2. The minimum atomic E-state index is -4.30. The molecule has 0 bridgehead atoms. The van der Waals surface area contributed by atoms with Gasteiger partial charge in [-0.1, -0.05) is 18.2 Å². The maximum atomic E-state index is 12.3. The first kappa shape index (κ1) is 19.4. The second kappa shape index (κ2) is 7.94. The molecule has 0 radical (unpaired) electrons. The van der Waals surface area contributed by atoms with Crippen molar-refractivity contribution >= 4 is 31.1 Å². The predicted octanol–water partition coefficient (Wildman–Crippen LogP) is 4.84. The monoisotopic (exact) mass is 406 g/mol. The molecule has 0 aliphatic carbocycles. The molecule has 0 saturated heterocycles. The molecule has 2 aromatic heterocycles. The van der Waals surface area contributed by atoms with E-state index >= 15 is 0 Å². The lowest BCUT2D eigenvalue weighted by Gasteiger charge is -2.06. The molecule has 0 spiro atoms. The summed E-state index contributed by atoms with van der Waals surface area (Å²) in [6.07, 6.45) is -1.41. The SMILES string of the molecule is FC(F)(F)c1ccc(-c2ccncn2)cc1.O=S(=O)(Cl)c1cccs1. The molecule has 1 aromatic carbocycles. The number of halogens is 4. The summed E-state index contributed by atoms with van der Waals surface area (Å²) in [5.74, 6) is 0. The van der Waals surface area contributed by atoms with Gasteiger partial charge in [0.1, 0.15) is 10.5 Å². The van der Waals surface area contributed by atoms with Crippen molar-refractivity contribution in [1.82, 2.24) is 9.97 Å². The molecule has 3 rings (SSSR count). The van der Waals surface area contributed by atoms with E-state index in [9.17, 15) is 21.6 Å². The Hall–Kier alpha value is -1.97. The van der Waals surface area contributed by atoms with Crippen molar-refractivity contribution in [3.63, 3.8) is 0 Å². The Balaban J connectivity index is 0.000000212. The number of alkyl halides is 3. The van der Waals surface area contributed by atoms with Crippen molar-refractivity contribution < 1.29 is 21.6 Å². The molecule has 4 nitrogen and oxygen atoms in total. The number of hydrogen-bond acceptors (Lipinski definition) is 5. The third-order valence-electron chi connectivity index (χ3n) is 2.83. The van der Waals surface area contributed by atoms with Crippen LogP contribution in [-0.4, -0.2) is 18.4 Å². The molecule has 0 fully saturated rings. The fourth-order valence-corrected chi connectivity index (χ4v) is 3.49. The summed E-state index contributed by atoms with van der Waals surface area (Å²) in [6, 6.07) is 9.61. The molecule has 0 aliphatic heterocycles. The van der Waals surface area contributed by atoms with E-state index in [1.165, 1.54) is 24.5 Å². The number of nitrogens with zero attached hydrogens (tertiary/aromatic N) is 2. The van der Waals surface area contributed by atoms with Crippen molar-refractivity contribution in [2.45, 2.75) is 10.4 Å². The quantitative estimate of drug-likeness (QED) is 0.571. The lowest BCUT2D eigenvalue weighted by molar-refractivity contribution is -0.137. The average molecular weight is 407 g/mol. The van der Waals surface area contributed by atoms with Crippen LogP contribution >= 0.6 is 22.0 Å². The van der Waals surface area contributed by atoms with Crippen LogP contribution in [0.3, 0.4) is 0 Å². The van der Waals surface area contributed by atoms with Crippen molar-refractivity contribution in [1.29, 1.82) is 0 Å². The van der Waals surface area contributed by atoms with Gasteiger partial charge in [0.15, 0.2) is 0 Å². The molecule has 0 N–H and O–H groups in total. The van der Waals surface area contributed by atoms with Crippen molar-refractivity contribution in [3.05, 3.63) is 65.9 Å². The highest BCUT2D eigenvalue weighted by Gasteiger charge is 2.29. The third kappa shape index (κ3) is 5.80. The molecule has 10 heteroatoms. The van der Waals surface area contributed by atoms with Gasteiger partial charge in [0.2, 0.25) is 0 Å². The Labute approximate surface area is 150 Å². The van der Waals surface area contributed by atoms with Crippen LogP contribution in [0.4, 0.5) is 13.2 Å². The third-order valence-corrected chi connectivity index (χ3v) is 5.82. The fraction of sp³-hybridized carbons (Fsp3) is 0.0667. The largest absolute Gasteiger partial charge is 0.416 e. The standard InChI is InChI=1S/C11H7F3N2.C4H3ClO2S2/c12-11(13,14)9-3-1-8(2-4-9)10-5-6-15-7-16-10;5-9(6,7)4-2-1-3-8-4/h1-7H;1-3H. The molecule has 132 valence electrons. The molecule has 0 saturated carbocycles. The van der Waals surface area contributed by atoms with E-state index < -0.39 is 20.8 Å². The van der Waals surface area contributed by atoms with Crippen LogP contribution in [0.25, 0.3) is 11.3 Å². The summed E-state index contributed by atoms with van der Waals surface area (Å²) in [5.41, 5.74) is 0.574. The van der Waals surface area contributed by atoms with Crippen LogP contribution in [0.2, 0.25) is 0 Å². The Morgan fingerprint density at radius 3 is 2.12 bits per heavy atom. The van der Waals surface area contributed by atoms with Gasteiger partial charge in [0.25, 0.3) is 9.05 Å². The van der Waals surface area contributed by atoms with Gasteiger partial charge in [-0.15, -0.1) is 11.3 Å². The summed E-state index contributed by atoms with van der Waals surface area (Å²) >= 11 is 1.11. The molecule has 3 aromatic rings. The lowest BCUT2D eigenvalue weighted by atomic mass is 10.1. The molecule has 0 aliphatic rings. The van der Waals surface area contributed by atoms with Crippen LogP contribution in [0.1, 0.15) is 5.56 Å². The van der Waals surface area contributed by atoms with Gasteiger partial charge in [0.05, 0.1) is 11.3 Å². The van der Waals surface area contributed by atoms with Gasteiger partial charge in [-0.3, -0.25) is 0 Å². The van der Waals surface area contributed by atoms with E-state index in [-0.39, 0.29) is 4.21 Å². The normalized spacial score (nSPS) is 11.5. The van der Waals surface area contributed by atoms with E-state index in [0.717, 1.165) is 23.5 Å². The van der Waals surface area contributed by atoms with Gasteiger partial charge in [-0.05, 0) is 29.6 Å². The van der Waals surface area contributed by atoms with Gasteiger partial charge in [0, 0.05) is 22.4 Å². The van der Waals surface area contributed by atoms with Crippen LogP contribution in [0.15, 0.2) is 64.6 Å². The Kier molecular flexibility index (Phi) is 6.15.